The van der Waals surface area contributed by atoms with Crippen molar-refractivity contribution < 1.29 is 9.53 Å². The van der Waals surface area contributed by atoms with Crippen LogP contribution < -0.4 is 0 Å². The average Bonchev–Trinajstić information content (AvgIpc) is 2.76. The molecule has 1 aliphatic heterocycles. The van der Waals surface area contributed by atoms with Crippen LogP contribution in [-0.2, 0) is 11.2 Å². The van der Waals surface area contributed by atoms with Crippen molar-refractivity contribution in [2.24, 2.45) is 0 Å². The first-order valence-corrected chi connectivity index (χ1v) is 6.66. The van der Waals surface area contributed by atoms with Gasteiger partial charge in [-0.2, -0.15) is 0 Å². The first kappa shape index (κ1) is 12.2. The number of hydrogen-bond donors (Lipinski definition) is 0. The maximum absolute atomic E-state index is 11.7. The predicted molar refractivity (Wildman–Crippen MR) is 74.4 cm³/mol. The quantitative estimate of drug-likeness (QED) is 0.784. The van der Waals surface area contributed by atoms with E-state index in [9.17, 15) is 4.79 Å². The molecule has 1 unspecified atom stereocenters. The minimum Gasteiger partial charge on any atom is -0.454 e. The summed E-state index contributed by atoms with van der Waals surface area (Å²) in [5, 5.41) is 0.737. The average molecular weight is 273 g/mol. The van der Waals surface area contributed by atoms with Gasteiger partial charge >= 0.3 is 5.97 Å². The zero-order chi connectivity index (χ0) is 13.2. The van der Waals surface area contributed by atoms with Gasteiger partial charge in [-0.1, -0.05) is 41.9 Å². The van der Waals surface area contributed by atoms with Gasteiger partial charge in [0, 0.05) is 10.6 Å². The van der Waals surface area contributed by atoms with Crippen LogP contribution in [0.25, 0.3) is 0 Å². The lowest BCUT2D eigenvalue weighted by atomic mass is 9.99. The van der Waals surface area contributed by atoms with Crippen molar-refractivity contribution >= 4 is 17.6 Å². The van der Waals surface area contributed by atoms with Crippen LogP contribution >= 0.6 is 11.6 Å². The number of rotatable bonds is 3. The molecular formula is C16H13ClO2. The second-order valence-corrected chi connectivity index (χ2v) is 5.08. The lowest BCUT2D eigenvalue weighted by molar-refractivity contribution is 0.0369. The van der Waals surface area contributed by atoms with Crippen molar-refractivity contribution in [1.29, 1.82) is 0 Å². The third-order valence-electron chi connectivity index (χ3n) is 3.39. The number of carbonyl (C=O) groups is 1. The molecule has 1 atom stereocenters. The molecule has 1 heterocycles. The van der Waals surface area contributed by atoms with Crippen molar-refractivity contribution in [2.45, 2.75) is 18.9 Å². The number of halogens is 1. The molecule has 96 valence electrons. The summed E-state index contributed by atoms with van der Waals surface area (Å²) in [6.45, 7) is 0. The zero-order valence-electron chi connectivity index (χ0n) is 10.3. The number of aryl methyl sites for hydroxylation is 1. The summed E-state index contributed by atoms with van der Waals surface area (Å²) in [5.74, 6) is -0.211. The van der Waals surface area contributed by atoms with E-state index in [-0.39, 0.29) is 12.1 Å². The highest BCUT2D eigenvalue weighted by Crippen LogP contribution is 2.33. The van der Waals surface area contributed by atoms with E-state index in [0.717, 1.165) is 23.4 Å². The Hall–Kier alpha value is -1.80. The van der Waals surface area contributed by atoms with Crippen LogP contribution in [0.2, 0.25) is 5.02 Å². The molecule has 2 aromatic carbocycles. The molecule has 3 heteroatoms. The molecule has 2 nitrogen and oxygen atoms in total. The van der Waals surface area contributed by atoms with E-state index < -0.39 is 0 Å². The Morgan fingerprint density at radius 2 is 1.79 bits per heavy atom. The molecule has 3 rings (SSSR count). The number of ether oxygens (including phenoxy) is 1. The molecule has 0 amide bonds. The van der Waals surface area contributed by atoms with E-state index in [0.29, 0.717) is 5.56 Å². The first-order valence-electron chi connectivity index (χ1n) is 6.28. The molecule has 0 radical (unpaired) electrons. The highest BCUT2D eigenvalue weighted by molar-refractivity contribution is 6.30. The third kappa shape index (κ3) is 2.49. The van der Waals surface area contributed by atoms with Gasteiger partial charge in [-0.25, -0.2) is 4.79 Å². The summed E-state index contributed by atoms with van der Waals surface area (Å²) >= 11 is 5.86. The van der Waals surface area contributed by atoms with Crippen molar-refractivity contribution in [1.82, 2.24) is 0 Å². The molecule has 0 aromatic heterocycles. The highest BCUT2D eigenvalue weighted by atomic mass is 35.5. The normalized spacial score (nSPS) is 17.1. The molecule has 1 aliphatic rings. The summed E-state index contributed by atoms with van der Waals surface area (Å²) in [6, 6.07) is 15.4. The van der Waals surface area contributed by atoms with Crippen LogP contribution in [-0.4, -0.2) is 5.97 Å². The highest BCUT2D eigenvalue weighted by Gasteiger charge is 2.29. The Balaban J connectivity index is 1.72. The van der Waals surface area contributed by atoms with Gasteiger partial charge in [0.2, 0.25) is 0 Å². The summed E-state index contributed by atoms with van der Waals surface area (Å²) in [5.41, 5.74) is 2.90. The minimum absolute atomic E-state index is 0.126. The van der Waals surface area contributed by atoms with Gasteiger partial charge in [0.05, 0.1) is 5.56 Å². The lowest BCUT2D eigenvalue weighted by Gasteiger charge is -2.10. The molecule has 0 saturated heterocycles. The molecule has 0 bridgehead atoms. The second-order valence-electron chi connectivity index (χ2n) is 4.65. The number of esters is 1. The fraction of sp³-hybridized carbons (Fsp3) is 0.188. The largest absolute Gasteiger partial charge is 0.454 e. The van der Waals surface area contributed by atoms with E-state index in [1.807, 2.05) is 48.5 Å². The van der Waals surface area contributed by atoms with Crippen molar-refractivity contribution in [3.05, 3.63) is 70.2 Å². The Morgan fingerprint density at radius 3 is 2.58 bits per heavy atom. The fourth-order valence-electron chi connectivity index (χ4n) is 2.38. The Bertz CT molecular complexity index is 604. The van der Waals surface area contributed by atoms with Crippen LogP contribution in [0.5, 0.6) is 0 Å². The van der Waals surface area contributed by atoms with Crippen molar-refractivity contribution in [2.75, 3.05) is 0 Å². The smallest absolute Gasteiger partial charge is 0.339 e. The van der Waals surface area contributed by atoms with Crippen LogP contribution in [0.4, 0.5) is 0 Å². The molecular weight excluding hydrogens is 260 g/mol. The van der Waals surface area contributed by atoms with Crippen molar-refractivity contribution in [3.8, 4) is 0 Å². The number of fused-ring (bicyclic) bond motifs is 1. The molecule has 0 saturated carbocycles. The van der Waals surface area contributed by atoms with Gasteiger partial charge < -0.3 is 4.74 Å². The van der Waals surface area contributed by atoms with Gasteiger partial charge in [0.1, 0.15) is 6.10 Å². The number of benzene rings is 2. The Morgan fingerprint density at radius 1 is 1.05 bits per heavy atom. The molecule has 2 aromatic rings. The Kier molecular flexibility index (Phi) is 3.26. The summed E-state index contributed by atoms with van der Waals surface area (Å²) in [6.07, 6.45) is 1.53. The summed E-state index contributed by atoms with van der Waals surface area (Å²) < 4.78 is 5.41. The number of carbonyl (C=O) groups excluding carboxylic acids is 1. The summed E-state index contributed by atoms with van der Waals surface area (Å²) in [4.78, 5) is 11.7. The van der Waals surface area contributed by atoms with Gasteiger partial charge in [-0.05, 0) is 36.6 Å². The Labute approximate surface area is 117 Å². The van der Waals surface area contributed by atoms with Gasteiger partial charge in [-0.15, -0.1) is 0 Å². The fourth-order valence-corrected chi connectivity index (χ4v) is 2.51. The minimum atomic E-state index is -0.211. The van der Waals surface area contributed by atoms with E-state index in [4.69, 9.17) is 16.3 Å². The SMILES string of the molecule is O=C1OC(CCc2ccc(Cl)cc2)c2ccccc21. The van der Waals surface area contributed by atoms with E-state index >= 15 is 0 Å². The van der Waals surface area contributed by atoms with Crippen molar-refractivity contribution in [3.63, 3.8) is 0 Å². The third-order valence-corrected chi connectivity index (χ3v) is 3.64. The maximum atomic E-state index is 11.7. The molecule has 0 N–H and O–H groups in total. The van der Waals surface area contributed by atoms with Gasteiger partial charge in [-0.3, -0.25) is 0 Å². The van der Waals surface area contributed by atoms with Crippen LogP contribution in [0.1, 0.15) is 34.0 Å². The molecule has 0 spiro atoms. The van der Waals surface area contributed by atoms with Crippen LogP contribution in [0, 0.1) is 0 Å². The number of hydrogen-bond acceptors (Lipinski definition) is 2. The molecule has 0 aliphatic carbocycles. The first-order chi connectivity index (χ1) is 9.24. The zero-order valence-corrected chi connectivity index (χ0v) is 11.1. The number of cyclic esters (lactones) is 1. The molecule has 0 fully saturated rings. The lowest BCUT2D eigenvalue weighted by Crippen LogP contribution is -2.00. The van der Waals surface area contributed by atoms with E-state index in [2.05, 4.69) is 0 Å². The second kappa shape index (κ2) is 5.06. The molecule has 19 heavy (non-hydrogen) atoms. The van der Waals surface area contributed by atoms with Crippen LogP contribution in [0.15, 0.2) is 48.5 Å². The van der Waals surface area contributed by atoms with Crippen LogP contribution in [0.3, 0.4) is 0 Å². The topological polar surface area (TPSA) is 26.3 Å². The van der Waals surface area contributed by atoms with E-state index in [1.165, 1.54) is 5.56 Å². The van der Waals surface area contributed by atoms with E-state index in [1.54, 1.807) is 0 Å². The predicted octanol–water partition coefficient (Wildman–Crippen LogP) is 4.18. The maximum Gasteiger partial charge on any atom is 0.339 e. The van der Waals surface area contributed by atoms with Gasteiger partial charge in [0.25, 0.3) is 0 Å². The standard InChI is InChI=1S/C16H13ClO2/c17-12-8-5-11(6-9-12)7-10-15-13-3-1-2-4-14(13)16(18)19-15/h1-6,8-9,15H,7,10H2. The summed E-state index contributed by atoms with van der Waals surface area (Å²) in [7, 11) is 0. The van der Waals surface area contributed by atoms with Gasteiger partial charge in [0.15, 0.2) is 0 Å². The monoisotopic (exact) mass is 272 g/mol.